The fraction of sp³-hybridized carbons (Fsp3) is 0.667. The highest BCUT2D eigenvalue weighted by atomic mass is 32.2. The van der Waals surface area contributed by atoms with Crippen molar-refractivity contribution in [3.63, 3.8) is 0 Å². The minimum absolute atomic E-state index is 0.138. The molecule has 0 aliphatic carbocycles. The molecule has 2 nitrogen and oxygen atoms in total. The normalized spacial score (nSPS) is 22.2. The third-order valence-corrected chi connectivity index (χ3v) is 5.64. The van der Waals surface area contributed by atoms with Crippen molar-refractivity contribution in [2.75, 3.05) is 12.3 Å². The highest BCUT2D eigenvalue weighted by Gasteiger charge is 2.24. The van der Waals surface area contributed by atoms with Crippen LogP contribution in [-0.4, -0.2) is 23.5 Å². The van der Waals surface area contributed by atoms with Crippen molar-refractivity contribution in [3.8, 4) is 0 Å². The van der Waals surface area contributed by atoms with Gasteiger partial charge in [0.1, 0.15) is 0 Å². The van der Waals surface area contributed by atoms with E-state index in [1.165, 1.54) is 11.3 Å². The van der Waals surface area contributed by atoms with Gasteiger partial charge in [0.15, 0.2) is 5.17 Å². The fourth-order valence-corrected chi connectivity index (χ4v) is 4.06. The molecule has 19 heavy (non-hydrogen) atoms. The van der Waals surface area contributed by atoms with E-state index in [4.69, 9.17) is 4.99 Å². The summed E-state index contributed by atoms with van der Waals surface area (Å²) in [6.45, 7) is 9.96. The molecule has 2 rings (SSSR count). The zero-order valence-corrected chi connectivity index (χ0v) is 13.9. The summed E-state index contributed by atoms with van der Waals surface area (Å²) in [5, 5.41) is 6.84. The van der Waals surface area contributed by atoms with Crippen molar-refractivity contribution in [2.24, 2.45) is 10.9 Å². The van der Waals surface area contributed by atoms with Gasteiger partial charge in [0.05, 0.1) is 6.54 Å². The molecule has 1 aromatic rings. The molecule has 0 saturated carbocycles. The van der Waals surface area contributed by atoms with Gasteiger partial charge in [-0.15, -0.1) is 11.3 Å². The highest BCUT2D eigenvalue weighted by Crippen LogP contribution is 2.28. The Morgan fingerprint density at radius 1 is 1.47 bits per heavy atom. The molecule has 1 aliphatic heterocycles. The van der Waals surface area contributed by atoms with Crippen LogP contribution in [-0.2, 0) is 5.41 Å². The molecule has 1 saturated heterocycles. The van der Waals surface area contributed by atoms with Crippen LogP contribution in [0.3, 0.4) is 0 Å². The summed E-state index contributed by atoms with van der Waals surface area (Å²) in [6.07, 6.45) is 1.24. The predicted molar refractivity (Wildman–Crippen MR) is 88.5 cm³/mol. The molecule has 0 bridgehead atoms. The van der Waals surface area contributed by atoms with Crippen molar-refractivity contribution in [1.82, 2.24) is 5.32 Å². The first-order chi connectivity index (χ1) is 8.97. The number of amidine groups is 1. The number of thiophene rings is 1. The number of nitrogens with one attached hydrogen (secondary N) is 1. The number of aliphatic imine (C=N–C) groups is 1. The summed E-state index contributed by atoms with van der Waals surface area (Å²) in [5.74, 6) is 1.91. The van der Waals surface area contributed by atoms with Crippen LogP contribution in [0.5, 0.6) is 0 Å². The number of hydrogen-bond donors (Lipinski definition) is 1. The Hall–Kier alpha value is -0.480. The van der Waals surface area contributed by atoms with Gasteiger partial charge in [-0.2, -0.15) is 0 Å². The fourth-order valence-electron chi connectivity index (χ4n) is 2.24. The van der Waals surface area contributed by atoms with Crippen molar-refractivity contribution >= 4 is 28.3 Å². The number of nitrogens with zero attached hydrogens (tertiary/aromatic N) is 1. The molecule has 0 radical (unpaired) electrons. The van der Waals surface area contributed by atoms with E-state index in [9.17, 15) is 0 Å². The molecule has 1 unspecified atom stereocenters. The van der Waals surface area contributed by atoms with Crippen LogP contribution in [0, 0.1) is 5.92 Å². The van der Waals surface area contributed by atoms with Gasteiger partial charge in [-0.25, -0.2) is 0 Å². The van der Waals surface area contributed by atoms with Gasteiger partial charge in [0.25, 0.3) is 0 Å². The Bertz CT molecular complexity index is 421. The van der Waals surface area contributed by atoms with Crippen molar-refractivity contribution < 1.29 is 0 Å². The summed E-state index contributed by atoms with van der Waals surface area (Å²) < 4.78 is 0. The average molecular weight is 297 g/mol. The van der Waals surface area contributed by atoms with Crippen LogP contribution in [0.15, 0.2) is 22.5 Å². The lowest BCUT2D eigenvalue weighted by atomic mass is 9.92. The second-order valence-corrected chi connectivity index (χ2v) is 8.22. The Morgan fingerprint density at radius 2 is 2.26 bits per heavy atom. The Kier molecular flexibility index (Phi) is 4.96. The molecule has 1 aromatic heterocycles. The minimum atomic E-state index is 0.138. The topological polar surface area (TPSA) is 24.4 Å². The maximum atomic E-state index is 4.78. The molecular formula is C15H24N2S2. The summed E-state index contributed by atoms with van der Waals surface area (Å²) in [6, 6.07) is 4.94. The van der Waals surface area contributed by atoms with Crippen LogP contribution in [0.25, 0.3) is 0 Å². The molecule has 1 aliphatic rings. The molecule has 1 N–H and O–H groups in total. The number of hydrogen-bond acceptors (Lipinski definition) is 3. The van der Waals surface area contributed by atoms with E-state index in [1.807, 2.05) is 23.1 Å². The van der Waals surface area contributed by atoms with Gasteiger partial charge in [-0.3, -0.25) is 4.99 Å². The van der Waals surface area contributed by atoms with Crippen LogP contribution in [0.2, 0.25) is 0 Å². The van der Waals surface area contributed by atoms with E-state index in [0.29, 0.717) is 6.04 Å². The number of rotatable bonds is 5. The Morgan fingerprint density at radius 3 is 2.89 bits per heavy atom. The van der Waals surface area contributed by atoms with Gasteiger partial charge < -0.3 is 5.32 Å². The molecule has 4 heteroatoms. The Balaban J connectivity index is 1.90. The molecule has 1 atom stereocenters. The molecule has 0 aromatic carbocycles. The Labute approximate surface area is 125 Å². The maximum Gasteiger partial charge on any atom is 0.156 e. The standard InChI is InChI=1S/C15H24N2S2/c1-11(2)8-12-9-19-14(17-12)16-10-15(3,4)13-6-5-7-18-13/h5-7,11-12H,8-10H2,1-4H3,(H,16,17). The van der Waals surface area contributed by atoms with E-state index < -0.39 is 0 Å². The lowest BCUT2D eigenvalue weighted by Crippen LogP contribution is -2.29. The van der Waals surface area contributed by atoms with Crippen LogP contribution < -0.4 is 5.32 Å². The quantitative estimate of drug-likeness (QED) is 0.883. The second-order valence-electron chi connectivity index (χ2n) is 6.26. The SMILES string of the molecule is CC(C)CC1CSC(=NCC(C)(C)c2cccs2)N1. The molecule has 2 heterocycles. The molecule has 0 amide bonds. The molecular weight excluding hydrogens is 272 g/mol. The first-order valence-corrected chi connectivity index (χ1v) is 8.81. The highest BCUT2D eigenvalue weighted by molar-refractivity contribution is 8.14. The third-order valence-electron chi connectivity index (χ3n) is 3.31. The van der Waals surface area contributed by atoms with Gasteiger partial charge in [-0.1, -0.05) is 45.5 Å². The molecule has 106 valence electrons. The minimum Gasteiger partial charge on any atom is -0.361 e. The molecule has 0 spiro atoms. The lowest BCUT2D eigenvalue weighted by molar-refractivity contribution is 0.500. The largest absolute Gasteiger partial charge is 0.361 e. The van der Waals surface area contributed by atoms with Crippen LogP contribution in [0.1, 0.15) is 39.0 Å². The van der Waals surface area contributed by atoms with Crippen molar-refractivity contribution in [3.05, 3.63) is 22.4 Å². The monoisotopic (exact) mass is 296 g/mol. The van der Waals surface area contributed by atoms with E-state index >= 15 is 0 Å². The van der Waals surface area contributed by atoms with E-state index in [0.717, 1.165) is 23.4 Å². The molecule has 1 fully saturated rings. The second kappa shape index (κ2) is 6.31. The summed E-state index contributed by atoms with van der Waals surface area (Å²) in [4.78, 5) is 6.20. The summed E-state index contributed by atoms with van der Waals surface area (Å²) >= 11 is 3.70. The smallest absolute Gasteiger partial charge is 0.156 e. The van der Waals surface area contributed by atoms with E-state index in [2.05, 4.69) is 50.5 Å². The van der Waals surface area contributed by atoms with E-state index in [1.54, 1.807) is 0 Å². The van der Waals surface area contributed by atoms with E-state index in [-0.39, 0.29) is 5.41 Å². The summed E-state index contributed by atoms with van der Waals surface area (Å²) in [5.41, 5.74) is 0.138. The first kappa shape index (κ1) is 14.9. The third kappa shape index (κ3) is 4.25. The van der Waals surface area contributed by atoms with Gasteiger partial charge in [0.2, 0.25) is 0 Å². The van der Waals surface area contributed by atoms with Gasteiger partial charge in [0, 0.05) is 22.1 Å². The van der Waals surface area contributed by atoms with Crippen molar-refractivity contribution in [2.45, 2.75) is 45.6 Å². The lowest BCUT2D eigenvalue weighted by Gasteiger charge is -2.21. The zero-order chi connectivity index (χ0) is 13.9. The maximum absolute atomic E-state index is 4.78. The number of thioether (sulfide) groups is 1. The van der Waals surface area contributed by atoms with Gasteiger partial charge in [-0.05, 0) is 23.8 Å². The average Bonchev–Trinajstić information content (AvgIpc) is 2.96. The van der Waals surface area contributed by atoms with Crippen LogP contribution in [0.4, 0.5) is 0 Å². The first-order valence-electron chi connectivity index (χ1n) is 6.95. The van der Waals surface area contributed by atoms with Gasteiger partial charge >= 0.3 is 0 Å². The predicted octanol–water partition coefficient (Wildman–Crippen LogP) is 4.13. The van der Waals surface area contributed by atoms with Crippen LogP contribution >= 0.6 is 23.1 Å². The summed E-state index contributed by atoms with van der Waals surface area (Å²) in [7, 11) is 0. The zero-order valence-electron chi connectivity index (χ0n) is 12.3. The van der Waals surface area contributed by atoms with Crippen molar-refractivity contribution in [1.29, 1.82) is 0 Å².